The average Bonchev–Trinajstić information content (AvgIpc) is 2.59. The van der Waals surface area contributed by atoms with Gasteiger partial charge in [-0.05, 0) is 35.4 Å². The number of ether oxygens (including phenoxy) is 4. The number of methoxy groups -OCH3 is 4. The molecule has 0 heterocycles. The van der Waals surface area contributed by atoms with Crippen LogP contribution in [0.1, 0.15) is 24.0 Å². The molecule has 0 amide bonds. The highest BCUT2D eigenvalue weighted by Gasteiger charge is 2.18. The monoisotopic (exact) mass is 318 g/mol. The van der Waals surface area contributed by atoms with E-state index >= 15 is 0 Å². The lowest BCUT2D eigenvalue weighted by molar-refractivity contribution is 0.323. The van der Waals surface area contributed by atoms with Gasteiger partial charge in [-0.1, -0.05) is 13.0 Å². The molecule has 0 saturated carbocycles. The van der Waals surface area contributed by atoms with Crippen LogP contribution < -0.4 is 18.9 Å². The molecule has 2 rings (SSSR count). The molecule has 0 aliphatic heterocycles. The molecule has 23 heavy (non-hydrogen) atoms. The Balaban J connectivity index is 2.46. The van der Waals surface area contributed by atoms with Gasteiger partial charge >= 0.3 is 0 Å². The summed E-state index contributed by atoms with van der Waals surface area (Å²) in [4.78, 5) is 0. The molecule has 0 fully saturated rings. The van der Waals surface area contributed by atoms with Crippen LogP contribution in [-0.2, 0) is 0 Å². The van der Waals surface area contributed by atoms with E-state index in [0.717, 1.165) is 11.1 Å². The molecule has 0 bridgehead atoms. The molecule has 0 aliphatic carbocycles. The van der Waals surface area contributed by atoms with E-state index in [0.29, 0.717) is 23.0 Å². The van der Waals surface area contributed by atoms with Gasteiger partial charge in [0.15, 0.2) is 23.0 Å². The lowest BCUT2D eigenvalue weighted by Gasteiger charge is -2.18. The van der Waals surface area contributed by atoms with Crippen molar-refractivity contribution in [2.24, 2.45) is 0 Å². The van der Waals surface area contributed by atoms with E-state index in [4.69, 9.17) is 18.9 Å². The van der Waals surface area contributed by atoms with Gasteiger partial charge in [-0.2, -0.15) is 0 Å². The Morgan fingerprint density at radius 2 is 1.30 bits per heavy atom. The standard InChI is InChI=1S/C18H22O5/c1-11(12-6-7-15(20-2)14(19)8-12)13-9-16(21-3)18(23-5)17(10-13)22-4/h6-11,19H,1-5H3/t11-/m0/s1. The molecular weight excluding hydrogens is 296 g/mol. The maximum absolute atomic E-state index is 9.98. The maximum Gasteiger partial charge on any atom is 0.203 e. The highest BCUT2D eigenvalue weighted by molar-refractivity contribution is 5.56. The Hall–Kier alpha value is -2.56. The van der Waals surface area contributed by atoms with Crippen LogP contribution in [0.25, 0.3) is 0 Å². The largest absolute Gasteiger partial charge is 0.504 e. The zero-order valence-corrected chi connectivity index (χ0v) is 14.0. The highest BCUT2D eigenvalue weighted by atomic mass is 16.5. The SMILES string of the molecule is COc1ccc([C@H](C)c2cc(OC)c(OC)c(OC)c2)cc1O. The van der Waals surface area contributed by atoms with Crippen molar-refractivity contribution in [1.29, 1.82) is 0 Å². The number of hydrogen-bond acceptors (Lipinski definition) is 5. The molecule has 0 saturated heterocycles. The second kappa shape index (κ2) is 7.13. The lowest BCUT2D eigenvalue weighted by atomic mass is 9.92. The Bertz CT molecular complexity index is 656. The third kappa shape index (κ3) is 3.28. The minimum atomic E-state index is 0.0283. The first-order chi connectivity index (χ1) is 11.0. The molecule has 2 aromatic rings. The smallest absolute Gasteiger partial charge is 0.203 e. The van der Waals surface area contributed by atoms with Crippen molar-refractivity contribution >= 4 is 0 Å². The second-order valence-corrected chi connectivity index (χ2v) is 5.11. The highest BCUT2D eigenvalue weighted by Crippen LogP contribution is 2.41. The fraction of sp³-hybridized carbons (Fsp3) is 0.333. The van der Waals surface area contributed by atoms with E-state index in [1.807, 2.05) is 25.1 Å². The third-order valence-corrected chi connectivity index (χ3v) is 3.89. The van der Waals surface area contributed by atoms with Crippen LogP contribution in [0.4, 0.5) is 0 Å². The van der Waals surface area contributed by atoms with Crippen LogP contribution >= 0.6 is 0 Å². The van der Waals surface area contributed by atoms with Gasteiger partial charge in [-0.15, -0.1) is 0 Å². The van der Waals surface area contributed by atoms with Gasteiger partial charge < -0.3 is 24.1 Å². The summed E-state index contributed by atoms with van der Waals surface area (Å²) in [6.07, 6.45) is 0. The molecule has 0 aromatic heterocycles. The number of rotatable bonds is 6. The van der Waals surface area contributed by atoms with Gasteiger partial charge in [0.1, 0.15) is 0 Å². The first-order valence-corrected chi connectivity index (χ1v) is 7.22. The number of benzene rings is 2. The van der Waals surface area contributed by atoms with E-state index in [1.165, 1.54) is 7.11 Å². The fourth-order valence-corrected chi connectivity index (χ4v) is 2.52. The van der Waals surface area contributed by atoms with Gasteiger partial charge in [-0.25, -0.2) is 0 Å². The van der Waals surface area contributed by atoms with Crippen molar-refractivity contribution in [3.8, 4) is 28.7 Å². The zero-order valence-electron chi connectivity index (χ0n) is 14.0. The second-order valence-electron chi connectivity index (χ2n) is 5.11. The summed E-state index contributed by atoms with van der Waals surface area (Å²) in [7, 11) is 6.28. The Labute approximate surface area is 136 Å². The van der Waals surface area contributed by atoms with Crippen molar-refractivity contribution in [1.82, 2.24) is 0 Å². The molecule has 1 atom stereocenters. The first kappa shape index (κ1) is 16.8. The summed E-state index contributed by atoms with van der Waals surface area (Å²) in [6, 6.07) is 9.19. The molecule has 1 N–H and O–H groups in total. The van der Waals surface area contributed by atoms with Crippen molar-refractivity contribution in [3.05, 3.63) is 41.5 Å². The van der Waals surface area contributed by atoms with Crippen LogP contribution in [0.15, 0.2) is 30.3 Å². The van der Waals surface area contributed by atoms with Crippen LogP contribution in [0.3, 0.4) is 0 Å². The molecule has 5 nitrogen and oxygen atoms in total. The van der Waals surface area contributed by atoms with E-state index in [1.54, 1.807) is 33.5 Å². The average molecular weight is 318 g/mol. The number of aromatic hydroxyl groups is 1. The van der Waals surface area contributed by atoms with E-state index in [9.17, 15) is 5.11 Å². The van der Waals surface area contributed by atoms with Crippen molar-refractivity contribution in [2.45, 2.75) is 12.8 Å². The molecule has 0 radical (unpaired) electrons. The van der Waals surface area contributed by atoms with E-state index < -0.39 is 0 Å². The maximum atomic E-state index is 9.98. The summed E-state index contributed by atoms with van der Waals surface area (Å²) in [6.45, 7) is 2.04. The van der Waals surface area contributed by atoms with Crippen LogP contribution in [0.2, 0.25) is 0 Å². The van der Waals surface area contributed by atoms with E-state index in [2.05, 4.69) is 0 Å². The third-order valence-electron chi connectivity index (χ3n) is 3.89. The fourth-order valence-electron chi connectivity index (χ4n) is 2.52. The van der Waals surface area contributed by atoms with Gasteiger partial charge in [0.2, 0.25) is 5.75 Å². The first-order valence-electron chi connectivity index (χ1n) is 7.22. The van der Waals surface area contributed by atoms with Gasteiger partial charge in [-0.3, -0.25) is 0 Å². The molecule has 0 spiro atoms. The topological polar surface area (TPSA) is 57.2 Å². The number of phenolic OH excluding ortho intramolecular Hbond substituents is 1. The van der Waals surface area contributed by atoms with Gasteiger partial charge in [0.05, 0.1) is 28.4 Å². The molecule has 2 aromatic carbocycles. The molecule has 0 aliphatic rings. The normalized spacial score (nSPS) is 11.7. The van der Waals surface area contributed by atoms with Crippen molar-refractivity contribution in [2.75, 3.05) is 28.4 Å². The minimum absolute atomic E-state index is 0.0283. The van der Waals surface area contributed by atoms with Crippen molar-refractivity contribution < 1.29 is 24.1 Å². The summed E-state index contributed by atoms with van der Waals surface area (Å²) in [5.74, 6) is 2.36. The Morgan fingerprint density at radius 1 is 0.739 bits per heavy atom. The van der Waals surface area contributed by atoms with Crippen LogP contribution in [0.5, 0.6) is 28.7 Å². The minimum Gasteiger partial charge on any atom is -0.504 e. The quantitative estimate of drug-likeness (QED) is 0.882. The molecule has 0 unspecified atom stereocenters. The summed E-state index contributed by atoms with van der Waals surface area (Å²) in [5.41, 5.74) is 1.95. The molecule has 124 valence electrons. The molecular formula is C18H22O5. The summed E-state index contributed by atoms with van der Waals surface area (Å²) >= 11 is 0. The van der Waals surface area contributed by atoms with Gasteiger partial charge in [0.25, 0.3) is 0 Å². The molecule has 5 heteroatoms. The Kier molecular flexibility index (Phi) is 5.21. The summed E-state index contributed by atoms with van der Waals surface area (Å²) < 4.78 is 21.2. The Morgan fingerprint density at radius 3 is 1.74 bits per heavy atom. The number of phenols is 1. The van der Waals surface area contributed by atoms with Crippen LogP contribution in [0, 0.1) is 0 Å². The van der Waals surface area contributed by atoms with Crippen molar-refractivity contribution in [3.63, 3.8) is 0 Å². The van der Waals surface area contributed by atoms with E-state index in [-0.39, 0.29) is 11.7 Å². The van der Waals surface area contributed by atoms with Crippen LogP contribution in [-0.4, -0.2) is 33.5 Å². The number of hydrogen-bond donors (Lipinski definition) is 1. The lowest BCUT2D eigenvalue weighted by Crippen LogP contribution is -2.01. The summed E-state index contributed by atoms with van der Waals surface area (Å²) in [5, 5.41) is 9.98. The zero-order chi connectivity index (χ0) is 17.0. The predicted molar refractivity (Wildman–Crippen MR) is 88.3 cm³/mol. The predicted octanol–water partition coefficient (Wildman–Crippen LogP) is 3.58. The van der Waals surface area contributed by atoms with Gasteiger partial charge in [0, 0.05) is 5.92 Å².